The number of hydrogen-bond donors (Lipinski definition) is 2. The molecule has 4 heteroatoms. The molecule has 0 fully saturated rings. The van der Waals surface area contributed by atoms with Crippen LogP contribution in [0.5, 0.6) is 11.5 Å². The van der Waals surface area contributed by atoms with Gasteiger partial charge < -0.3 is 14.7 Å². The Morgan fingerprint density at radius 1 is 0.882 bits per heavy atom. The highest BCUT2D eigenvalue weighted by Crippen LogP contribution is 2.48. The van der Waals surface area contributed by atoms with Gasteiger partial charge in [-0.05, 0) is 47.2 Å². The summed E-state index contributed by atoms with van der Waals surface area (Å²) in [5.74, 6) is 0.456. The Hall–Kier alpha value is -1.70. The number of benzene rings is 2. The molecule has 1 heterocycles. The molecule has 0 atom stereocenters. The van der Waals surface area contributed by atoms with Gasteiger partial charge in [-0.3, -0.25) is 0 Å². The molecule has 17 heavy (non-hydrogen) atoms. The van der Waals surface area contributed by atoms with Gasteiger partial charge >= 0.3 is 0 Å². The number of fused-ring (bicyclic) bond motifs is 3. The molecule has 0 amide bonds. The quantitative estimate of drug-likeness (QED) is 0.691. The van der Waals surface area contributed by atoms with Crippen LogP contribution in [0.15, 0.2) is 36.4 Å². The molecule has 0 unspecified atom stereocenters. The monoisotopic (exact) mass is 246 g/mol. The van der Waals surface area contributed by atoms with Crippen LogP contribution in [0.3, 0.4) is 0 Å². The van der Waals surface area contributed by atoms with Crippen molar-refractivity contribution in [2.75, 3.05) is 7.11 Å². The van der Waals surface area contributed by atoms with Gasteiger partial charge in [-0.1, -0.05) is 0 Å². The average molecular weight is 246 g/mol. The van der Waals surface area contributed by atoms with E-state index in [4.69, 9.17) is 4.52 Å². The Morgan fingerprint density at radius 2 is 1.35 bits per heavy atom. The molecule has 0 spiro atoms. The Balaban J connectivity index is 2.57. The third kappa shape index (κ3) is 1.47. The van der Waals surface area contributed by atoms with Gasteiger partial charge in [0.15, 0.2) is 0 Å². The van der Waals surface area contributed by atoms with Gasteiger partial charge in [0.05, 0.1) is 0 Å². The molecule has 3 nitrogen and oxygen atoms in total. The minimum absolute atomic E-state index is 0.228. The van der Waals surface area contributed by atoms with Crippen molar-refractivity contribution in [3.8, 4) is 11.5 Å². The van der Waals surface area contributed by atoms with Crippen LogP contribution < -0.4 is 4.52 Å². The van der Waals surface area contributed by atoms with Crippen LogP contribution >= 0.6 is 7.76 Å². The zero-order valence-electron chi connectivity index (χ0n) is 9.21. The molecule has 0 radical (unpaired) electrons. The maximum Gasteiger partial charge on any atom is 0.116 e. The molecule has 0 aliphatic rings. The highest BCUT2D eigenvalue weighted by atomic mass is 31.1. The molecule has 86 valence electrons. The van der Waals surface area contributed by atoms with E-state index in [0.29, 0.717) is 0 Å². The van der Waals surface area contributed by atoms with E-state index in [2.05, 4.69) is 0 Å². The lowest BCUT2D eigenvalue weighted by Crippen LogP contribution is -1.74. The summed E-state index contributed by atoms with van der Waals surface area (Å²) in [6, 6.07) is 10.5. The minimum atomic E-state index is -0.822. The lowest BCUT2D eigenvalue weighted by atomic mass is 10.1. The van der Waals surface area contributed by atoms with Crippen LogP contribution in [0, 0.1) is 0 Å². The second-order valence-electron chi connectivity index (χ2n) is 3.88. The van der Waals surface area contributed by atoms with E-state index in [1.165, 1.54) is 0 Å². The van der Waals surface area contributed by atoms with Crippen molar-refractivity contribution in [3.05, 3.63) is 36.4 Å². The summed E-state index contributed by atoms with van der Waals surface area (Å²) in [4.78, 5) is 0. The number of phenols is 2. The second-order valence-corrected chi connectivity index (χ2v) is 5.80. The maximum absolute atomic E-state index is 9.55. The number of aromatic hydroxyl groups is 2. The van der Waals surface area contributed by atoms with E-state index in [-0.39, 0.29) is 11.5 Å². The summed E-state index contributed by atoms with van der Waals surface area (Å²) in [6.07, 6.45) is 0. The first-order valence-electron chi connectivity index (χ1n) is 5.21. The van der Waals surface area contributed by atoms with E-state index >= 15 is 0 Å². The third-order valence-corrected chi connectivity index (χ3v) is 4.89. The molecule has 0 bridgehead atoms. The van der Waals surface area contributed by atoms with Crippen LogP contribution in [0.2, 0.25) is 0 Å². The molecule has 0 saturated heterocycles. The van der Waals surface area contributed by atoms with Crippen molar-refractivity contribution < 1.29 is 14.7 Å². The van der Waals surface area contributed by atoms with Gasteiger partial charge in [-0.25, -0.2) is 0 Å². The first-order chi connectivity index (χ1) is 8.20. The van der Waals surface area contributed by atoms with Crippen LogP contribution in [0.25, 0.3) is 21.0 Å². The Morgan fingerprint density at radius 3 is 1.76 bits per heavy atom. The molecule has 2 N–H and O–H groups in total. The smallest absolute Gasteiger partial charge is 0.116 e. The highest BCUT2D eigenvalue weighted by molar-refractivity contribution is 7.57. The Bertz CT molecular complexity index is 656. The van der Waals surface area contributed by atoms with Crippen LogP contribution in [-0.2, 0) is 0 Å². The number of hydrogen-bond acceptors (Lipinski definition) is 3. The van der Waals surface area contributed by atoms with Crippen molar-refractivity contribution in [2.24, 2.45) is 0 Å². The van der Waals surface area contributed by atoms with Gasteiger partial charge in [0, 0.05) is 25.1 Å². The zero-order chi connectivity index (χ0) is 12.0. The predicted molar refractivity (Wildman–Crippen MR) is 70.0 cm³/mol. The first kappa shape index (κ1) is 10.5. The summed E-state index contributed by atoms with van der Waals surface area (Å²) in [7, 11) is 0.863. The fourth-order valence-electron chi connectivity index (χ4n) is 2.16. The topological polar surface area (TPSA) is 49.7 Å². The molecule has 3 rings (SSSR count). The first-order valence-corrected chi connectivity index (χ1v) is 6.47. The van der Waals surface area contributed by atoms with Crippen molar-refractivity contribution in [1.82, 2.24) is 0 Å². The maximum atomic E-state index is 9.55. The Kier molecular flexibility index (Phi) is 2.25. The summed E-state index contributed by atoms with van der Waals surface area (Å²) in [5, 5.41) is 23.2. The fourth-order valence-corrected chi connectivity index (χ4v) is 4.04. The van der Waals surface area contributed by atoms with E-state index in [9.17, 15) is 10.2 Å². The second kappa shape index (κ2) is 3.66. The Labute approximate surface area is 99.0 Å². The van der Waals surface area contributed by atoms with Gasteiger partial charge in [0.2, 0.25) is 0 Å². The third-order valence-electron chi connectivity index (χ3n) is 2.87. The molecule has 1 aromatic heterocycles. The normalized spacial score (nSPS) is 11.4. The van der Waals surface area contributed by atoms with E-state index in [0.717, 1.165) is 21.0 Å². The molecular weight excluding hydrogens is 235 g/mol. The SMILES string of the molecule is COp1c2ccc(O)cc2c2cc(O)ccc21. The molecule has 0 aliphatic carbocycles. The van der Waals surface area contributed by atoms with E-state index in [1.54, 1.807) is 31.4 Å². The molecule has 3 aromatic rings. The van der Waals surface area contributed by atoms with Gasteiger partial charge in [0.25, 0.3) is 0 Å². The highest BCUT2D eigenvalue weighted by Gasteiger charge is 2.12. The van der Waals surface area contributed by atoms with Crippen molar-refractivity contribution in [3.63, 3.8) is 0 Å². The van der Waals surface area contributed by atoms with Crippen molar-refractivity contribution in [1.29, 1.82) is 0 Å². The number of rotatable bonds is 1. The van der Waals surface area contributed by atoms with Crippen molar-refractivity contribution in [2.45, 2.75) is 0 Å². The van der Waals surface area contributed by atoms with Gasteiger partial charge in [-0.15, -0.1) is 0 Å². The van der Waals surface area contributed by atoms with Gasteiger partial charge in [0.1, 0.15) is 11.5 Å². The summed E-state index contributed by atoms with van der Waals surface area (Å²) >= 11 is 0. The van der Waals surface area contributed by atoms with Crippen LogP contribution in [0.1, 0.15) is 0 Å². The van der Waals surface area contributed by atoms with Crippen LogP contribution in [0.4, 0.5) is 0 Å². The molecular formula is C13H11O3P. The molecule has 0 saturated carbocycles. The molecule has 0 aliphatic heterocycles. The fraction of sp³-hybridized carbons (Fsp3) is 0.0769. The van der Waals surface area contributed by atoms with Gasteiger partial charge in [-0.2, -0.15) is 0 Å². The largest absolute Gasteiger partial charge is 0.508 e. The lowest BCUT2D eigenvalue weighted by Gasteiger charge is -1.98. The minimum Gasteiger partial charge on any atom is -0.508 e. The molecule has 2 aromatic carbocycles. The zero-order valence-corrected chi connectivity index (χ0v) is 10.1. The van der Waals surface area contributed by atoms with Crippen LogP contribution in [-0.4, -0.2) is 17.3 Å². The summed E-state index contributed by atoms with van der Waals surface area (Å²) in [6.45, 7) is 0. The summed E-state index contributed by atoms with van der Waals surface area (Å²) < 4.78 is 5.55. The van der Waals surface area contributed by atoms with E-state index in [1.807, 2.05) is 12.1 Å². The predicted octanol–water partition coefficient (Wildman–Crippen LogP) is 3.45. The lowest BCUT2D eigenvalue weighted by molar-refractivity contribution is 0.475. The summed E-state index contributed by atoms with van der Waals surface area (Å²) in [5.41, 5.74) is 0. The average Bonchev–Trinajstić information content (AvgIpc) is 2.62. The standard InChI is InChI=1S/C13H11O3P/c1-16-17-12-4-2-8(14)6-10(12)11-7-9(15)3-5-13(11)17/h2-7,14-15H,1H3. The van der Waals surface area contributed by atoms with Crippen molar-refractivity contribution >= 4 is 28.8 Å². The van der Waals surface area contributed by atoms with E-state index < -0.39 is 7.76 Å². The number of phenolic OH excluding ortho intramolecular Hbond substituents is 2.